The molecule has 2 atom stereocenters. The van der Waals surface area contributed by atoms with E-state index in [9.17, 15) is 9.59 Å². The lowest BCUT2D eigenvalue weighted by molar-refractivity contribution is -0.155. The van der Waals surface area contributed by atoms with Gasteiger partial charge in [0.05, 0.1) is 13.2 Å². The van der Waals surface area contributed by atoms with Crippen molar-refractivity contribution in [1.82, 2.24) is 4.90 Å². The van der Waals surface area contributed by atoms with E-state index in [4.69, 9.17) is 18.9 Å². The Bertz CT molecular complexity index is 1050. The molecule has 0 unspecified atom stereocenters. The van der Waals surface area contributed by atoms with E-state index in [-0.39, 0.29) is 12.7 Å². The van der Waals surface area contributed by atoms with Crippen LogP contribution < -0.4 is 14.2 Å². The number of ether oxygens (including phenoxy) is 4. The Labute approximate surface area is 168 Å². The summed E-state index contributed by atoms with van der Waals surface area (Å²) in [5.74, 6) is 1.57. The van der Waals surface area contributed by atoms with Gasteiger partial charge in [0.1, 0.15) is 5.75 Å². The minimum Gasteiger partial charge on any atom is -0.497 e. The van der Waals surface area contributed by atoms with E-state index < -0.39 is 18.1 Å². The van der Waals surface area contributed by atoms with Gasteiger partial charge >= 0.3 is 5.97 Å². The highest BCUT2D eigenvalue weighted by molar-refractivity contribution is 5.87. The fourth-order valence-corrected chi connectivity index (χ4v) is 4.73. The normalized spacial score (nSPS) is 20.6. The van der Waals surface area contributed by atoms with Crippen molar-refractivity contribution < 1.29 is 28.5 Å². The van der Waals surface area contributed by atoms with Gasteiger partial charge in [0.15, 0.2) is 17.6 Å². The number of nitrogens with zero attached hydrogens (tertiary/aromatic N) is 1. The number of hydrogen-bond acceptors (Lipinski definition) is 6. The van der Waals surface area contributed by atoms with Gasteiger partial charge in [-0.15, -0.1) is 0 Å². The molecule has 7 heteroatoms. The van der Waals surface area contributed by atoms with E-state index in [1.165, 1.54) is 6.92 Å². The Hall–Kier alpha value is -3.22. The number of esters is 1. The number of hydrogen-bond donors (Lipinski definition) is 0. The second kappa shape index (κ2) is 6.40. The number of benzene rings is 2. The van der Waals surface area contributed by atoms with Crippen molar-refractivity contribution in [3.8, 4) is 28.4 Å². The quantitative estimate of drug-likeness (QED) is 0.728. The lowest BCUT2D eigenvalue weighted by Crippen LogP contribution is -2.44. The molecule has 0 saturated carbocycles. The summed E-state index contributed by atoms with van der Waals surface area (Å²) >= 11 is 0. The minimum absolute atomic E-state index is 0.0623. The predicted octanol–water partition coefficient (Wildman–Crippen LogP) is 3.15. The summed E-state index contributed by atoms with van der Waals surface area (Å²) in [4.78, 5) is 26.3. The zero-order chi connectivity index (χ0) is 20.3. The molecular formula is C22H21NO6. The average molecular weight is 395 g/mol. The van der Waals surface area contributed by atoms with Crippen LogP contribution in [-0.2, 0) is 20.7 Å². The highest BCUT2D eigenvalue weighted by Gasteiger charge is 2.46. The zero-order valence-electron chi connectivity index (χ0n) is 16.5. The summed E-state index contributed by atoms with van der Waals surface area (Å²) in [6.45, 7) is 3.63. The maximum Gasteiger partial charge on any atom is 0.303 e. The molecule has 0 aromatic heterocycles. The summed E-state index contributed by atoms with van der Waals surface area (Å²) in [6.07, 6.45) is 0.0706. The summed E-state index contributed by atoms with van der Waals surface area (Å²) in [5.41, 5.74) is 4.66. The van der Waals surface area contributed by atoms with E-state index >= 15 is 0 Å². The molecule has 0 bridgehead atoms. The third-order valence-electron chi connectivity index (χ3n) is 5.86. The van der Waals surface area contributed by atoms with Crippen LogP contribution in [0.4, 0.5) is 0 Å². The van der Waals surface area contributed by atoms with Gasteiger partial charge in [-0.05, 0) is 41.3 Å². The topological polar surface area (TPSA) is 74.3 Å². The lowest BCUT2D eigenvalue weighted by Gasteiger charge is -2.45. The molecule has 0 N–H and O–H groups in total. The predicted molar refractivity (Wildman–Crippen MR) is 103 cm³/mol. The van der Waals surface area contributed by atoms with Crippen LogP contribution in [-0.4, -0.2) is 37.2 Å². The van der Waals surface area contributed by atoms with E-state index in [1.807, 2.05) is 24.3 Å². The first kappa shape index (κ1) is 17.8. The van der Waals surface area contributed by atoms with Crippen molar-refractivity contribution in [2.75, 3.05) is 20.4 Å². The lowest BCUT2D eigenvalue weighted by atomic mass is 9.74. The van der Waals surface area contributed by atoms with E-state index in [0.717, 1.165) is 27.8 Å². The highest BCUT2D eigenvalue weighted by atomic mass is 16.7. The molecule has 0 fully saturated rings. The maximum absolute atomic E-state index is 12.5. The molecule has 150 valence electrons. The van der Waals surface area contributed by atoms with Gasteiger partial charge in [0.25, 0.3) is 0 Å². The fraction of sp³-hybridized carbons (Fsp3) is 0.364. The van der Waals surface area contributed by atoms with Crippen molar-refractivity contribution in [3.63, 3.8) is 0 Å². The molecule has 29 heavy (non-hydrogen) atoms. The molecule has 2 aromatic carbocycles. The Morgan fingerprint density at radius 2 is 2.00 bits per heavy atom. The Morgan fingerprint density at radius 3 is 2.72 bits per heavy atom. The SMILES string of the molecule is COc1ccc2c(c1)[C@@H](OC(C)=O)[C@@H]1c3c(cc4c(c3-2)OCO4)CCN1C(C)=O. The zero-order valence-corrected chi connectivity index (χ0v) is 16.5. The average Bonchev–Trinajstić information content (AvgIpc) is 3.17. The van der Waals surface area contributed by atoms with Gasteiger partial charge in [-0.25, -0.2) is 0 Å². The van der Waals surface area contributed by atoms with Crippen molar-refractivity contribution >= 4 is 11.9 Å². The van der Waals surface area contributed by atoms with Crippen molar-refractivity contribution in [2.45, 2.75) is 32.4 Å². The van der Waals surface area contributed by atoms with Gasteiger partial charge in [-0.1, -0.05) is 6.07 Å². The third-order valence-corrected chi connectivity index (χ3v) is 5.86. The van der Waals surface area contributed by atoms with Gasteiger partial charge < -0.3 is 23.8 Å². The first-order chi connectivity index (χ1) is 14.0. The smallest absolute Gasteiger partial charge is 0.303 e. The molecule has 5 rings (SSSR count). The molecule has 0 radical (unpaired) electrons. The second-order valence-electron chi connectivity index (χ2n) is 7.45. The Kier molecular flexibility index (Phi) is 3.94. The number of rotatable bonds is 2. The molecule has 0 saturated heterocycles. The monoisotopic (exact) mass is 395 g/mol. The van der Waals surface area contributed by atoms with Crippen LogP contribution in [0, 0.1) is 0 Å². The van der Waals surface area contributed by atoms with Crippen LogP contribution in [0.15, 0.2) is 24.3 Å². The largest absolute Gasteiger partial charge is 0.497 e. The maximum atomic E-state index is 12.5. The van der Waals surface area contributed by atoms with E-state index in [0.29, 0.717) is 30.2 Å². The molecule has 3 aliphatic rings. The Morgan fingerprint density at radius 1 is 1.17 bits per heavy atom. The van der Waals surface area contributed by atoms with Crippen molar-refractivity contribution in [1.29, 1.82) is 0 Å². The third kappa shape index (κ3) is 2.57. The Balaban J connectivity index is 1.84. The molecule has 7 nitrogen and oxygen atoms in total. The van der Waals surface area contributed by atoms with Crippen LogP contribution >= 0.6 is 0 Å². The van der Waals surface area contributed by atoms with E-state index in [2.05, 4.69) is 0 Å². The summed E-state index contributed by atoms with van der Waals surface area (Å²) in [7, 11) is 1.59. The van der Waals surface area contributed by atoms with Crippen molar-refractivity contribution in [2.24, 2.45) is 0 Å². The van der Waals surface area contributed by atoms with Crippen LogP contribution in [0.2, 0.25) is 0 Å². The van der Waals surface area contributed by atoms with Gasteiger partial charge in [0.2, 0.25) is 12.7 Å². The highest BCUT2D eigenvalue weighted by Crippen LogP contribution is 2.58. The summed E-state index contributed by atoms with van der Waals surface area (Å²) < 4.78 is 22.7. The molecular weight excluding hydrogens is 374 g/mol. The minimum atomic E-state index is -0.631. The first-order valence-electron chi connectivity index (χ1n) is 9.57. The first-order valence-corrected chi connectivity index (χ1v) is 9.57. The number of fused-ring (bicyclic) bond motifs is 4. The van der Waals surface area contributed by atoms with Crippen LogP contribution in [0.25, 0.3) is 11.1 Å². The molecule has 0 spiro atoms. The summed E-state index contributed by atoms with van der Waals surface area (Å²) in [6, 6.07) is 7.25. The molecule has 2 aliphatic heterocycles. The van der Waals surface area contributed by atoms with Crippen LogP contribution in [0.5, 0.6) is 17.2 Å². The van der Waals surface area contributed by atoms with Crippen molar-refractivity contribution in [3.05, 3.63) is 41.0 Å². The van der Waals surface area contributed by atoms with Gasteiger partial charge in [-0.3, -0.25) is 9.59 Å². The van der Waals surface area contributed by atoms with Crippen LogP contribution in [0.3, 0.4) is 0 Å². The number of methoxy groups -OCH3 is 1. The van der Waals surface area contributed by atoms with Gasteiger partial charge in [0, 0.05) is 31.5 Å². The van der Waals surface area contributed by atoms with E-state index in [1.54, 1.807) is 18.9 Å². The molecule has 1 amide bonds. The molecule has 2 aromatic rings. The number of carbonyl (C=O) groups excluding carboxylic acids is 2. The molecule has 1 aliphatic carbocycles. The van der Waals surface area contributed by atoms with Crippen LogP contribution in [0.1, 0.15) is 42.7 Å². The second-order valence-corrected chi connectivity index (χ2v) is 7.45. The fourth-order valence-electron chi connectivity index (χ4n) is 4.73. The number of carbonyl (C=O) groups is 2. The standard InChI is InChI=1S/C22H21NO6/c1-11(24)23-7-6-13-8-17-22(28-10-27-17)19-15-5-4-14(26-3)9-16(15)21(29-12(2)25)20(23)18(13)19/h4-5,8-9,20-21H,6-7,10H2,1-3H3/t20-,21+/m0/s1. The summed E-state index contributed by atoms with van der Waals surface area (Å²) in [5, 5.41) is 0. The van der Waals surface area contributed by atoms with Gasteiger partial charge in [-0.2, -0.15) is 0 Å². The molecule has 2 heterocycles. The number of amides is 1.